The second-order valence-corrected chi connectivity index (χ2v) is 8.35. The van der Waals surface area contributed by atoms with Crippen LogP contribution in [0.3, 0.4) is 0 Å². The maximum absolute atomic E-state index is 12.4. The van der Waals surface area contributed by atoms with Crippen LogP contribution in [-0.4, -0.2) is 40.2 Å². The lowest BCUT2D eigenvalue weighted by Gasteiger charge is -2.24. The smallest absolute Gasteiger partial charge is 0.355 e. The molecule has 1 rings (SSSR count). The van der Waals surface area contributed by atoms with E-state index in [1.807, 2.05) is 40.7 Å². The van der Waals surface area contributed by atoms with Gasteiger partial charge in [-0.2, -0.15) is 0 Å². The molecule has 1 unspecified atom stereocenters. The first-order chi connectivity index (χ1) is 12.6. The SMILES string of the molecule is CCCC(CN[C@H](C(=O)O)[C@@H](C)CC)Cc1cc[nH]c1C(=O)OC(C)(C)C. The number of H-pyrrole nitrogens is 1. The fourth-order valence-corrected chi connectivity index (χ4v) is 3.15. The number of esters is 1. The van der Waals surface area contributed by atoms with E-state index in [0.29, 0.717) is 18.7 Å². The fourth-order valence-electron chi connectivity index (χ4n) is 3.15. The Hall–Kier alpha value is -1.82. The van der Waals surface area contributed by atoms with Crippen molar-refractivity contribution in [3.8, 4) is 0 Å². The molecule has 0 fully saturated rings. The molecule has 0 aliphatic rings. The lowest BCUT2D eigenvalue weighted by molar-refractivity contribution is -0.140. The number of rotatable bonds is 11. The molecule has 1 aromatic heterocycles. The van der Waals surface area contributed by atoms with Crippen LogP contribution in [0.25, 0.3) is 0 Å². The number of ether oxygens (including phenoxy) is 1. The molecule has 0 spiro atoms. The summed E-state index contributed by atoms with van der Waals surface area (Å²) in [5.74, 6) is -0.850. The molecule has 0 aliphatic carbocycles. The first-order valence-electron chi connectivity index (χ1n) is 9.94. The van der Waals surface area contributed by atoms with Gasteiger partial charge in [-0.15, -0.1) is 0 Å². The van der Waals surface area contributed by atoms with Gasteiger partial charge in [0.1, 0.15) is 17.3 Å². The Morgan fingerprint density at radius 1 is 1.30 bits per heavy atom. The molecule has 0 saturated carbocycles. The zero-order chi connectivity index (χ0) is 20.6. The molecular weight excluding hydrogens is 344 g/mol. The Morgan fingerprint density at radius 2 is 1.96 bits per heavy atom. The number of hydrogen-bond donors (Lipinski definition) is 3. The van der Waals surface area contributed by atoms with Gasteiger partial charge >= 0.3 is 11.9 Å². The van der Waals surface area contributed by atoms with Crippen molar-refractivity contribution in [1.29, 1.82) is 0 Å². The summed E-state index contributed by atoms with van der Waals surface area (Å²) in [6, 6.07) is 1.36. The average Bonchev–Trinajstić information content (AvgIpc) is 3.01. The van der Waals surface area contributed by atoms with E-state index in [0.717, 1.165) is 24.8 Å². The topological polar surface area (TPSA) is 91.4 Å². The van der Waals surface area contributed by atoms with Crippen LogP contribution in [0.1, 0.15) is 76.9 Å². The zero-order valence-electron chi connectivity index (χ0n) is 17.6. The molecule has 1 aromatic rings. The minimum Gasteiger partial charge on any atom is -0.480 e. The summed E-state index contributed by atoms with van der Waals surface area (Å²) in [6.45, 7) is 12.2. The van der Waals surface area contributed by atoms with Crippen molar-refractivity contribution in [2.45, 2.75) is 78.9 Å². The van der Waals surface area contributed by atoms with E-state index in [9.17, 15) is 14.7 Å². The number of aliphatic carboxylic acids is 1. The quantitative estimate of drug-likeness (QED) is 0.504. The van der Waals surface area contributed by atoms with Gasteiger partial charge < -0.3 is 20.1 Å². The number of carbonyl (C=O) groups excluding carboxylic acids is 1. The molecule has 154 valence electrons. The van der Waals surface area contributed by atoms with Crippen LogP contribution < -0.4 is 5.32 Å². The van der Waals surface area contributed by atoms with Crippen LogP contribution in [0, 0.1) is 11.8 Å². The highest BCUT2D eigenvalue weighted by Gasteiger charge is 2.26. The van der Waals surface area contributed by atoms with Crippen LogP contribution in [0.5, 0.6) is 0 Å². The average molecular weight is 381 g/mol. The molecule has 6 nitrogen and oxygen atoms in total. The summed E-state index contributed by atoms with van der Waals surface area (Å²) in [5.41, 5.74) is 0.858. The summed E-state index contributed by atoms with van der Waals surface area (Å²) in [5, 5.41) is 12.7. The molecule has 6 heteroatoms. The second-order valence-electron chi connectivity index (χ2n) is 8.35. The summed E-state index contributed by atoms with van der Waals surface area (Å²) < 4.78 is 5.48. The molecule has 0 amide bonds. The van der Waals surface area contributed by atoms with Crippen LogP contribution in [0.4, 0.5) is 0 Å². The number of hydrogen-bond acceptors (Lipinski definition) is 4. The lowest BCUT2D eigenvalue weighted by Crippen LogP contribution is -2.44. The van der Waals surface area contributed by atoms with Crippen molar-refractivity contribution < 1.29 is 19.4 Å². The molecule has 0 radical (unpaired) electrons. The molecule has 3 N–H and O–H groups in total. The van der Waals surface area contributed by atoms with Gasteiger partial charge in [0.05, 0.1) is 0 Å². The van der Waals surface area contributed by atoms with Crippen LogP contribution in [0.2, 0.25) is 0 Å². The van der Waals surface area contributed by atoms with Crippen LogP contribution in [-0.2, 0) is 16.0 Å². The predicted octanol–water partition coefficient (Wildman–Crippen LogP) is 4.02. The minimum atomic E-state index is -0.810. The highest BCUT2D eigenvalue weighted by atomic mass is 16.6. The largest absolute Gasteiger partial charge is 0.480 e. The Morgan fingerprint density at radius 3 is 2.48 bits per heavy atom. The maximum atomic E-state index is 12.4. The van der Waals surface area contributed by atoms with E-state index in [2.05, 4.69) is 17.2 Å². The van der Waals surface area contributed by atoms with Gasteiger partial charge in [0, 0.05) is 6.20 Å². The van der Waals surface area contributed by atoms with Gasteiger partial charge in [0.2, 0.25) is 0 Å². The van der Waals surface area contributed by atoms with Gasteiger partial charge in [0.25, 0.3) is 0 Å². The maximum Gasteiger partial charge on any atom is 0.355 e. The molecular formula is C21H36N2O4. The van der Waals surface area contributed by atoms with E-state index in [-0.39, 0.29) is 17.8 Å². The molecule has 0 aliphatic heterocycles. The molecule has 3 atom stereocenters. The Kier molecular flexibility index (Phi) is 9.03. The molecule has 1 heterocycles. The number of aromatic amines is 1. The third-order valence-corrected chi connectivity index (χ3v) is 4.75. The summed E-state index contributed by atoms with van der Waals surface area (Å²) in [6.07, 6.45) is 5.22. The number of aromatic nitrogens is 1. The number of carboxylic acids is 1. The normalized spacial score (nSPS) is 15.2. The summed E-state index contributed by atoms with van der Waals surface area (Å²) >= 11 is 0. The highest BCUT2D eigenvalue weighted by molar-refractivity contribution is 5.89. The predicted molar refractivity (Wildman–Crippen MR) is 107 cm³/mol. The number of carbonyl (C=O) groups is 2. The molecule has 0 aromatic carbocycles. The fraction of sp³-hybridized carbons (Fsp3) is 0.714. The number of nitrogens with one attached hydrogen (secondary N) is 2. The molecule has 0 bridgehead atoms. The van der Waals surface area contributed by atoms with E-state index in [1.165, 1.54) is 0 Å². The van der Waals surface area contributed by atoms with E-state index in [1.54, 1.807) is 6.20 Å². The van der Waals surface area contributed by atoms with Gasteiger partial charge in [-0.25, -0.2) is 4.79 Å². The summed E-state index contributed by atoms with van der Waals surface area (Å²) in [7, 11) is 0. The van der Waals surface area contributed by atoms with Crippen LogP contribution >= 0.6 is 0 Å². The first kappa shape index (κ1) is 23.2. The van der Waals surface area contributed by atoms with E-state index < -0.39 is 17.6 Å². The Bertz CT molecular complexity index is 604. The second kappa shape index (κ2) is 10.5. The molecule has 0 saturated heterocycles. The van der Waals surface area contributed by atoms with Gasteiger partial charge in [0.15, 0.2) is 0 Å². The Balaban J connectivity index is 2.82. The van der Waals surface area contributed by atoms with Crippen molar-refractivity contribution in [1.82, 2.24) is 10.3 Å². The van der Waals surface area contributed by atoms with Crippen LogP contribution in [0.15, 0.2) is 12.3 Å². The zero-order valence-corrected chi connectivity index (χ0v) is 17.6. The van der Waals surface area contributed by atoms with Crippen molar-refractivity contribution in [2.24, 2.45) is 11.8 Å². The third-order valence-electron chi connectivity index (χ3n) is 4.75. The standard InChI is InChI=1S/C21H36N2O4/c1-7-9-15(13-23-17(19(24)25)14(3)8-2)12-16-10-11-22-18(16)20(26)27-21(4,5)6/h10-11,14-15,17,22-23H,7-9,12-13H2,1-6H3,(H,24,25)/t14-,15?,17-/m0/s1. The van der Waals surface area contributed by atoms with Crippen molar-refractivity contribution >= 4 is 11.9 Å². The lowest BCUT2D eigenvalue weighted by atomic mass is 9.93. The van der Waals surface area contributed by atoms with E-state index >= 15 is 0 Å². The highest BCUT2D eigenvalue weighted by Crippen LogP contribution is 2.20. The Labute approximate surface area is 163 Å². The van der Waals surface area contributed by atoms with Gasteiger partial charge in [-0.3, -0.25) is 4.79 Å². The number of carboxylic acid groups (broad SMARTS) is 1. The first-order valence-corrected chi connectivity index (χ1v) is 9.94. The van der Waals surface area contributed by atoms with Gasteiger partial charge in [-0.1, -0.05) is 33.6 Å². The monoisotopic (exact) mass is 380 g/mol. The van der Waals surface area contributed by atoms with Crippen molar-refractivity contribution in [3.63, 3.8) is 0 Å². The van der Waals surface area contributed by atoms with E-state index in [4.69, 9.17) is 4.74 Å². The third kappa shape index (κ3) is 7.75. The van der Waals surface area contributed by atoms with Gasteiger partial charge in [-0.05, 0) is 63.6 Å². The molecule has 27 heavy (non-hydrogen) atoms. The summed E-state index contributed by atoms with van der Waals surface area (Å²) in [4.78, 5) is 27.0. The van der Waals surface area contributed by atoms with Crippen molar-refractivity contribution in [2.75, 3.05) is 6.54 Å². The van der Waals surface area contributed by atoms with Crippen molar-refractivity contribution in [3.05, 3.63) is 23.5 Å². The minimum absolute atomic E-state index is 0.0642.